The third-order valence-electron chi connectivity index (χ3n) is 3.54. The van der Waals surface area contributed by atoms with Crippen LogP contribution in [0.25, 0.3) is 5.95 Å². The molecule has 8 nitrogen and oxygen atoms in total. The van der Waals surface area contributed by atoms with Crippen LogP contribution in [-0.4, -0.2) is 45.1 Å². The molecule has 2 heterocycles. The highest BCUT2D eigenvalue weighted by Gasteiger charge is 2.12. The average Bonchev–Trinajstić information content (AvgIpc) is 3.18. The summed E-state index contributed by atoms with van der Waals surface area (Å²) in [5.74, 6) is 1.85. The SMILES string of the molecule is COc1cc(/C=N/n2cnnc2-n2nc(C)cc2C)c(OC)cc1Br. The van der Waals surface area contributed by atoms with Gasteiger partial charge < -0.3 is 9.47 Å². The predicted octanol–water partition coefficient (Wildman–Crippen LogP) is 2.74. The van der Waals surface area contributed by atoms with Crippen LogP contribution in [0.5, 0.6) is 11.5 Å². The van der Waals surface area contributed by atoms with Crippen LogP contribution < -0.4 is 9.47 Å². The fourth-order valence-electron chi connectivity index (χ4n) is 2.39. The van der Waals surface area contributed by atoms with E-state index in [4.69, 9.17) is 9.47 Å². The molecule has 0 N–H and O–H groups in total. The maximum absolute atomic E-state index is 5.40. The Kier molecular flexibility index (Phi) is 4.84. The van der Waals surface area contributed by atoms with E-state index >= 15 is 0 Å². The average molecular weight is 405 g/mol. The molecule has 0 bridgehead atoms. The zero-order valence-electron chi connectivity index (χ0n) is 14.3. The van der Waals surface area contributed by atoms with E-state index in [0.717, 1.165) is 21.4 Å². The third-order valence-corrected chi connectivity index (χ3v) is 4.16. The van der Waals surface area contributed by atoms with Gasteiger partial charge in [0.1, 0.15) is 17.8 Å². The number of nitrogens with zero attached hydrogens (tertiary/aromatic N) is 6. The maximum atomic E-state index is 5.40. The van der Waals surface area contributed by atoms with Crippen LogP contribution >= 0.6 is 15.9 Å². The van der Waals surface area contributed by atoms with Crippen molar-refractivity contribution < 1.29 is 9.47 Å². The molecule has 3 aromatic rings. The van der Waals surface area contributed by atoms with Gasteiger partial charge in [0.2, 0.25) is 0 Å². The van der Waals surface area contributed by atoms with Crippen LogP contribution in [0.15, 0.2) is 34.1 Å². The first-order valence-corrected chi connectivity index (χ1v) is 8.22. The van der Waals surface area contributed by atoms with Crippen molar-refractivity contribution in [1.29, 1.82) is 0 Å². The van der Waals surface area contributed by atoms with Gasteiger partial charge in [-0.1, -0.05) is 0 Å². The number of aromatic nitrogens is 5. The Balaban J connectivity index is 1.99. The van der Waals surface area contributed by atoms with Crippen LogP contribution in [-0.2, 0) is 0 Å². The Morgan fingerprint density at radius 3 is 2.52 bits per heavy atom. The Morgan fingerprint density at radius 1 is 1.12 bits per heavy atom. The van der Waals surface area contributed by atoms with Gasteiger partial charge >= 0.3 is 0 Å². The first-order valence-electron chi connectivity index (χ1n) is 7.43. The van der Waals surface area contributed by atoms with E-state index in [0.29, 0.717) is 17.4 Å². The van der Waals surface area contributed by atoms with Gasteiger partial charge in [-0.05, 0) is 48.0 Å². The van der Waals surface area contributed by atoms with Crippen molar-refractivity contribution >= 4 is 22.1 Å². The summed E-state index contributed by atoms with van der Waals surface area (Å²) in [5.41, 5.74) is 2.61. The minimum absolute atomic E-state index is 0.505. The molecule has 25 heavy (non-hydrogen) atoms. The van der Waals surface area contributed by atoms with Gasteiger partial charge in [-0.2, -0.15) is 14.9 Å². The fourth-order valence-corrected chi connectivity index (χ4v) is 2.87. The molecule has 0 unspecified atom stereocenters. The maximum Gasteiger partial charge on any atom is 0.273 e. The topological polar surface area (TPSA) is 79.4 Å². The Bertz CT molecular complexity index is 931. The molecule has 9 heteroatoms. The molecular weight excluding hydrogens is 388 g/mol. The van der Waals surface area contributed by atoms with E-state index in [2.05, 4.69) is 36.3 Å². The van der Waals surface area contributed by atoms with E-state index in [1.54, 1.807) is 29.8 Å². The van der Waals surface area contributed by atoms with Gasteiger partial charge in [0.25, 0.3) is 5.95 Å². The number of rotatable bonds is 5. The van der Waals surface area contributed by atoms with Gasteiger partial charge in [-0.15, -0.1) is 10.2 Å². The van der Waals surface area contributed by atoms with Crippen LogP contribution in [0.3, 0.4) is 0 Å². The summed E-state index contributed by atoms with van der Waals surface area (Å²) in [6, 6.07) is 5.62. The smallest absolute Gasteiger partial charge is 0.273 e. The Labute approximate surface area is 153 Å². The lowest BCUT2D eigenvalue weighted by Crippen LogP contribution is -2.06. The van der Waals surface area contributed by atoms with Crippen LogP contribution in [0.2, 0.25) is 0 Å². The fraction of sp³-hybridized carbons (Fsp3) is 0.250. The number of methoxy groups -OCH3 is 2. The molecule has 0 fully saturated rings. The van der Waals surface area contributed by atoms with Crippen molar-refractivity contribution in [3.63, 3.8) is 0 Å². The lowest BCUT2D eigenvalue weighted by molar-refractivity contribution is 0.400. The molecule has 0 radical (unpaired) electrons. The van der Waals surface area contributed by atoms with Crippen LogP contribution in [0, 0.1) is 13.8 Å². The van der Waals surface area contributed by atoms with E-state index in [9.17, 15) is 0 Å². The molecule has 0 aliphatic heterocycles. The minimum atomic E-state index is 0.505. The molecule has 0 aliphatic carbocycles. The first kappa shape index (κ1) is 17.2. The molecule has 0 spiro atoms. The standard InChI is InChI=1S/C16H17BrN6O2/c1-10-5-11(2)23(21-10)16-20-18-9-22(16)19-8-12-6-15(25-4)13(17)7-14(12)24-3/h5-9H,1-4H3/b19-8+. The second kappa shape index (κ2) is 7.06. The van der Waals surface area contributed by atoms with Gasteiger partial charge in [0.05, 0.1) is 30.6 Å². The summed E-state index contributed by atoms with van der Waals surface area (Å²) in [7, 11) is 3.21. The molecule has 0 saturated carbocycles. The molecular formula is C16H17BrN6O2. The number of ether oxygens (including phenoxy) is 2. The zero-order chi connectivity index (χ0) is 18.0. The van der Waals surface area contributed by atoms with E-state index in [-0.39, 0.29) is 0 Å². The van der Waals surface area contributed by atoms with E-state index in [1.165, 1.54) is 6.33 Å². The van der Waals surface area contributed by atoms with Crippen LogP contribution in [0.4, 0.5) is 0 Å². The number of benzene rings is 1. The van der Waals surface area contributed by atoms with Gasteiger partial charge in [0.15, 0.2) is 0 Å². The van der Waals surface area contributed by atoms with Gasteiger partial charge in [-0.25, -0.2) is 4.68 Å². The number of hydrogen-bond donors (Lipinski definition) is 0. The van der Waals surface area contributed by atoms with Gasteiger partial charge in [0, 0.05) is 11.3 Å². The highest BCUT2D eigenvalue weighted by Crippen LogP contribution is 2.31. The van der Waals surface area contributed by atoms with Crippen molar-refractivity contribution in [2.45, 2.75) is 13.8 Å². The molecule has 2 aromatic heterocycles. The number of halogens is 1. The lowest BCUT2D eigenvalue weighted by atomic mass is 10.2. The molecule has 0 aliphatic rings. The highest BCUT2D eigenvalue weighted by atomic mass is 79.9. The Hall–Kier alpha value is -2.68. The van der Waals surface area contributed by atoms with Crippen molar-refractivity contribution in [3.8, 4) is 17.4 Å². The van der Waals surface area contributed by atoms with Gasteiger partial charge in [-0.3, -0.25) is 0 Å². The summed E-state index contributed by atoms with van der Waals surface area (Å²) in [6.45, 7) is 3.87. The van der Waals surface area contributed by atoms with Crippen molar-refractivity contribution in [2.24, 2.45) is 5.10 Å². The minimum Gasteiger partial charge on any atom is -0.496 e. The molecule has 130 valence electrons. The molecule has 0 amide bonds. The normalized spacial score (nSPS) is 11.2. The van der Waals surface area contributed by atoms with Crippen LogP contribution in [0.1, 0.15) is 17.0 Å². The largest absolute Gasteiger partial charge is 0.496 e. The lowest BCUT2D eigenvalue weighted by Gasteiger charge is -2.09. The second-order valence-corrected chi connectivity index (χ2v) is 6.14. The summed E-state index contributed by atoms with van der Waals surface area (Å²) in [5, 5.41) is 16.9. The summed E-state index contributed by atoms with van der Waals surface area (Å²) >= 11 is 3.44. The van der Waals surface area contributed by atoms with Crippen molar-refractivity contribution in [1.82, 2.24) is 24.7 Å². The second-order valence-electron chi connectivity index (χ2n) is 5.29. The Morgan fingerprint density at radius 2 is 1.88 bits per heavy atom. The molecule has 1 aromatic carbocycles. The highest BCUT2D eigenvalue weighted by molar-refractivity contribution is 9.10. The monoisotopic (exact) mass is 404 g/mol. The zero-order valence-corrected chi connectivity index (χ0v) is 15.9. The summed E-state index contributed by atoms with van der Waals surface area (Å²) in [4.78, 5) is 0. The number of hydrogen-bond acceptors (Lipinski definition) is 6. The predicted molar refractivity (Wildman–Crippen MR) is 96.9 cm³/mol. The van der Waals surface area contributed by atoms with Crippen molar-refractivity contribution in [3.05, 3.63) is 46.0 Å². The molecule has 3 rings (SSSR count). The van der Waals surface area contributed by atoms with E-state index < -0.39 is 0 Å². The molecule has 0 saturated heterocycles. The quantitative estimate of drug-likeness (QED) is 0.610. The number of aryl methyl sites for hydroxylation is 2. The summed E-state index contributed by atoms with van der Waals surface area (Å²) in [6.07, 6.45) is 3.18. The van der Waals surface area contributed by atoms with Crippen molar-refractivity contribution in [2.75, 3.05) is 14.2 Å². The van der Waals surface area contributed by atoms with E-state index in [1.807, 2.05) is 32.0 Å². The first-order chi connectivity index (χ1) is 12.0. The third kappa shape index (κ3) is 3.41. The summed E-state index contributed by atoms with van der Waals surface area (Å²) < 4.78 is 14.8. The molecule has 0 atom stereocenters.